The summed E-state index contributed by atoms with van der Waals surface area (Å²) in [5, 5.41) is 0. The Bertz CT molecular complexity index is 353. The second-order valence-electron chi connectivity index (χ2n) is 6.96. The van der Waals surface area contributed by atoms with Gasteiger partial charge in [0, 0.05) is 19.0 Å². The number of carbonyl (C=O) groups excluding carboxylic acids is 2. The molecule has 0 aromatic carbocycles. The highest BCUT2D eigenvalue weighted by Gasteiger charge is 2.31. The minimum Gasteiger partial charge on any atom is -0.465 e. The molecule has 1 saturated carbocycles. The Kier molecular flexibility index (Phi) is 6.07. The molecular weight excluding hydrogens is 266 g/mol. The van der Waals surface area contributed by atoms with Crippen molar-refractivity contribution in [2.75, 3.05) is 19.7 Å². The summed E-state index contributed by atoms with van der Waals surface area (Å²) in [6.07, 6.45) is 7.27. The van der Waals surface area contributed by atoms with Crippen molar-refractivity contribution in [3.8, 4) is 0 Å². The number of amides is 1. The fourth-order valence-electron chi connectivity index (χ4n) is 3.31. The summed E-state index contributed by atoms with van der Waals surface area (Å²) < 4.78 is 5.31. The lowest BCUT2D eigenvalue weighted by atomic mass is 9.87. The fraction of sp³-hybridized carbons (Fsp3) is 0.882. The number of rotatable bonds is 4. The minimum absolute atomic E-state index is 0.0147. The molecule has 0 N–H and O–H groups in total. The van der Waals surface area contributed by atoms with Crippen LogP contribution in [0, 0.1) is 17.8 Å². The molecule has 1 aliphatic heterocycles. The molecule has 120 valence electrons. The first-order valence-electron chi connectivity index (χ1n) is 8.53. The van der Waals surface area contributed by atoms with Gasteiger partial charge in [0.1, 0.15) is 0 Å². The maximum absolute atomic E-state index is 12.5. The van der Waals surface area contributed by atoms with Crippen molar-refractivity contribution < 1.29 is 14.3 Å². The third-order valence-corrected chi connectivity index (χ3v) is 4.65. The topological polar surface area (TPSA) is 46.6 Å². The van der Waals surface area contributed by atoms with Crippen LogP contribution in [0.4, 0.5) is 0 Å². The Morgan fingerprint density at radius 1 is 1.00 bits per heavy atom. The van der Waals surface area contributed by atoms with Gasteiger partial charge in [0.25, 0.3) is 0 Å². The Morgan fingerprint density at radius 2 is 1.62 bits per heavy atom. The first kappa shape index (κ1) is 16.3. The summed E-state index contributed by atoms with van der Waals surface area (Å²) in [5.41, 5.74) is 0. The molecule has 1 saturated heterocycles. The van der Waals surface area contributed by atoms with Crippen LogP contribution in [-0.4, -0.2) is 36.5 Å². The van der Waals surface area contributed by atoms with E-state index in [1.54, 1.807) is 0 Å². The molecule has 0 bridgehead atoms. The molecule has 1 amide bonds. The third-order valence-electron chi connectivity index (χ3n) is 4.65. The number of carbonyl (C=O) groups is 2. The van der Waals surface area contributed by atoms with Crippen molar-refractivity contribution in [3.63, 3.8) is 0 Å². The normalized spacial score (nSPS) is 21.6. The SMILES string of the molecule is CC(C)COC(=O)C1CCN(C(=O)C2CCCCC2)CC1. The molecule has 4 nitrogen and oxygen atoms in total. The van der Waals surface area contributed by atoms with E-state index in [1.165, 1.54) is 19.3 Å². The van der Waals surface area contributed by atoms with Crippen LogP contribution in [0.15, 0.2) is 0 Å². The van der Waals surface area contributed by atoms with Gasteiger partial charge in [0.2, 0.25) is 5.91 Å². The van der Waals surface area contributed by atoms with Crippen molar-refractivity contribution in [1.82, 2.24) is 4.90 Å². The van der Waals surface area contributed by atoms with E-state index in [0.29, 0.717) is 18.4 Å². The number of esters is 1. The lowest BCUT2D eigenvalue weighted by Crippen LogP contribution is -2.43. The quantitative estimate of drug-likeness (QED) is 0.749. The van der Waals surface area contributed by atoms with Crippen LogP contribution in [0.5, 0.6) is 0 Å². The van der Waals surface area contributed by atoms with Gasteiger partial charge in [-0.05, 0) is 31.6 Å². The van der Waals surface area contributed by atoms with E-state index in [2.05, 4.69) is 0 Å². The summed E-state index contributed by atoms with van der Waals surface area (Å²) in [4.78, 5) is 26.4. The number of ether oxygens (including phenoxy) is 1. The van der Waals surface area contributed by atoms with E-state index in [0.717, 1.165) is 38.8 Å². The summed E-state index contributed by atoms with van der Waals surface area (Å²) in [5.74, 6) is 0.849. The van der Waals surface area contributed by atoms with Gasteiger partial charge in [-0.1, -0.05) is 33.1 Å². The van der Waals surface area contributed by atoms with Gasteiger partial charge < -0.3 is 9.64 Å². The number of piperidine rings is 1. The molecule has 2 fully saturated rings. The van der Waals surface area contributed by atoms with Gasteiger partial charge in [-0.3, -0.25) is 9.59 Å². The summed E-state index contributed by atoms with van der Waals surface area (Å²) in [7, 11) is 0. The molecule has 0 aromatic rings. The van der Waals surface area contributed by atoms with Gasteiger partial charge in [0.15, 0.2) is 0 Å². The lowest BCUT2D eigenvalue weighted by molar-refractivity contribution is -0.153. The number of hydrogen-bond donors (Lipinski definition) is 0. The van der Waals surface area contributed by atoms with Crippen LogP contribution in [-0.2, 0) is 14.3 Å². The Labute approximate surface area is 128 Å². The molecule has 0 aromatic heterocycles. The van der Waals surface area contributed by atoms with E-state index < -0.39 is 0 Å². The van der Waals surface area contributed by atoms with Crippen molar-refractivity contribution >= 4 is 11.9 Å². The molecule has 1 aliphatic carbocycles. The van der Waals surface area contributed by atoms with Crippen LogP contribution in [0.25, 0.3) is 0 Å². The molecule has 21 heavy (non-hydrogen) atoms. The molecule has 1 heterocycles. The van der Waals surface area contributed by atoms with Gasteiger partial charge in [-0.15, -0.1) is 0 Å². The lowest BCUT2D eigenvalue weighted by Gasteiger charge is -2.34. The first-order valence-corrected chi connectivity index (χ1v) is 8.53. The van der Waals surface area contributed by atoms with Crippen LogP contribution in [0.2, 0.25) is 0 Å². The first-order chi connectivity index (χ1) is 10.1. The third kappa shape index (κ3) is 4.72. The van der Waals surface area contributed by atoms with Crippen molar-refractivity contribution in [2.24, 2.45) is 17.8 Å². The van der Waals surface area contributed by atoms with Crippen molar-refractivity contribution in [3.05, 3.63) is 0 Å². The zero-order valence-corrected chi connectivity index (χ0v) is 13.5. The van der Waals surface area contributed by atoms with E-state index in [-0.39, 0.29) is 17.8 Å². The highest BCUT2D eigenvalue weighted by atomic mass is 16.5. The van der Waals surface area contributed by atoms with Gasteiger partial charge in [0.05, 0.1) is 12.5 Å². The summed E-state index contributed by atoms with van der Waals surface area (Å²) >= 11 is 0. The summed E-state index contributed by atoms with van der Waals surface area (Å²) in [6.45, 7) is 6.02. The molecule has 2 rings (SSSR count). The van der Waals surface area contributed by atoms with Gasteiger partial charge in [-0.25, -0.2) is 0 Å². The van der Waals surface area contributed by atoms with Gasteiger partial charge >= 0.3 is 5.97 Å². The molecule has 0 spiro atoms. The van der Waals surface area contributed by atoms with E-state index >= 15 is 0 Å². The molecule has 2 aliphatic rings. The van der Waals surface area contributed by atoms with Crippen molar-refractivity contribution in [2.45, 2.75) is 58.8 Å². The molecular formula is C17H29NO3. The fourth-order valence-corrected chi connectivity index (χ4v) is 3.31. The smallest absolute Gasteiger partial charge is 0.309 e. The highest BCUT2D eigenvalue weighted by Crippen LogP contribution is 2.27. The minimum atomic E-state index is -0.0755. The average Bonchev–Trinajstić information content (AvgIpc) is 2.53. The Balaban J connectivity index is 1.74. The van der Waals surface area contributed by atoms with Crippen LogP contribution >= 0.6 is 0 Å². The highest BCUT2D eigenvalue weighted by molar-refractivity contribution is 5.79. The maximum atomic E-state index is 12.5. The van der Waals surface area contributed by atoms with Crippen molar-refractivity contribution in [1.29, 1.82) is 0 Å². The van der Waals surface area contributed by atoms with Crippen LogP contribution in [0.3, 0.4) is 0 Å². The Hall–Kier alpha value is -1.06. The second kappa shape index (κ2) is 7.81. The predicted molar refractivity (Wildman–Crippen MR) is 81.7 cm³/mol. The molecule has 4 heteroatoms. The average molecular weight is 295 g/mol. The second-order valence-corrected chi connectivity index (χ2v) is 6.96. The standard InChI is InChI=1S/C17H29NO3/c1-13(2)12-21-17(20)15-8-10-18(11-9-15)16(19)14-6-4-3-5-7-14/h13-15H,3-12H2,1-2H3. The maximum Gasteiger partial charge on any atom is 0.309 e. The molecule has 0 radical (unpaired) electrons. The predicted octanol–water partition coefficient (Wildman–Crippen LogP) is 3.00. The number of likely N-dealkylation sites (tertiary alicyclic amines) is 1. The van der Waals surface area contributed by atoms with E-state index in [1.807, 2.05) is 18.7 Å². The largest absolute Gasteiger partial charge is 0.465 e. The van der Waals surface area contributed by atoms with Crippen LogP contribution in [0.1, 0.15) is 58.8 Å². The van der Waals surface area contributed by atoms with E-state index in [4.69, 9.17) is 4.74 Å². The molecule has 0 unspecified atom stereocenters. The summed E-state index contributed by atoms with van der Waals surface area (Å²) in [6, 6.07) is 0. The number of hydrogen-bond acceptors (Lipinski definition) is 3. The van der Waals surface area contributed by atoms with E-state index in [9.17, 15) is 9.59 Å². The monoisotopic (exact) mass is 295 g/mol. The molecule has 0 atom stereocenters. The zero-order valence-electron chi connectivity index (χ0n) is 13.5. The zero-order chi connectivity index (χ0) is 15.2. The number of nitrogens with zero attached hydrogens (tertiary/aromatic N) is 1. The van der Waals surface area contributed by atoms with Crippen LogP contribution < -0.4 is 0 Å². The van der Waals surface area contributed by atoms with Gasteiger partial charge in [-0.2, -0.15) is 0 Å². The Morgan fingerprint density at radius 3 is 2.19 bits per heavy atom.